The molecular formula is C25H25N3O2. The quantitative estimate of drug-likeness (QED) is 0.468. The monoisotopic (exact) mass is 399 g/mol. The molecule has 4 aromatic rings. The van der Waals surface area contributed by atoms with Crippen LogP contribution in [0.2, 0.25) is 0 Å². The molecule has 4 rings (SSSR count). The zero-order chi connectivity index (χ0) is 21.1. The van der Waals surface area contributed by atoms with E-state index in [9.17, 15) is 4.79 Å². The maximum atomic E-state index is 13.1. The molecule has 2 aromatic heterocycles. The van der Waals surface area contributed by atoms with Crippen molar-refractivity contribution in [3.8, 4) is 5.75 Å². The average Bonchev–Trinajstić information content (AvgIpc) is 3.18. The fourth-order valence-electron chi connectivity index (χ4n) is 3.52. The smallest absolute Gasteiger partial charge is 0.257 e. The lowest BCUT2D eigenvalue weighted by atomic mass is 10.1. The second kappa shape index (κ2) is 8.41. The van der Waals surface area contributed by atoms with Crippen LogP contribution >= 0.6 is 0 Å². The summed E-state index contributed by atoms with van der Waals surface area (Å²) in [5.41, 5.74) is 5.69. The molecule has 0 N–H and O–H groups in total. The highest BCUT2D eigenvalue weighted by molar-refractivity contribution is 5.96. The lowest BCUT2D eigenvalue weighted by Gasteiger charge is -2.20. The van der Waals surface area contributed by atoms with Gasteiger partial charge in [0.2, 0.25) is 0 Å². The van der Waals surface area contributed by atoms with Crippen LogP contribution in [-0.2, 0) is 13.2 Å². The summed E-state index contributed by atoms with van der Waals surface area (Å²) in [5, 5.41) is 0. The number of ether oxygens (including phenoxy) is 1. The SMILES string of the molecule is Cc1ccccc1CN(C)C(=O)c1ccccc1OCc1cn2cccc(C)c2n1. The van der Waals surface area contributed by atoms with Gasteiger partial charge in [0.05, 0.1) is 11.3 Å². The van der Waals surface area contributed by atoms with Gasteiger partial charge in [-0.3, -0.25) is 4.79 Å². The van der Waals surface area contributed by atoms with Crippen molar-refractivity contribution in [2.24, 2.45) is 0 Å². The van der Waals surface area contributed by atoms with Gasteiger partial charge in [0.15, 0.2) is 0 Å². The Bertz CT molecular complexity index is 1200. The van der Waals surface area contributed by atoms with Crippen LogP contribution in [0.25, 0.3) is 5.65 Å². The molecule has 1 amide bonds. The first kappa shape index (κ1) is 19.7. The minimum absolute atomic E-state index is 0.0697. The van der Waals surface area contributed by atoms with E-state index in [1.54, 1.807) is 11.0 Å². The molecule has 152 valence electrons. The van der Waals surface area contributed by atoms with Gasteiger partial charge in [-0.1, -0.05) is 42.5 Å². The molecule has 5 heteroatoms. The topological polar surface area (TPSA) is 46.8 Å². The van der Waals surface area contributed by atoms with Crippen molar-refractivity contribution >= 4 is 11.6 Å². The number of nitrogens with zero attached hydrogens (tertiary/aromatic N) is 3. The number of fused-ring (bicyclic) bond motifs is 1. The number of rotatable bonds is 6. The van der Waals surface area contributed by atoms with Gasteiger partial charge in [-0.2, -0.15) is 0 Å². The van der Waals surface area contributed by atoms with E-state index in [1.807, 2.05) is 79.3 Å². The minimum atomic E-state index is -0.0697. The van der Waals surface area contributed by atoms with Crippen LogP contribution in [0, 0.1) is 13.8 Å². The van der Waals surface area contributed by atoms with Gasteiger partial charge in [-0.15, -0.1) is 0 Å². The third-order valence-corrected chi connectivity index (χ3v) is 5.24. The Hall–Kier alpha value is -3.60. The second-order valence-corrected chi connectivity index (χ2v) is 7.53. The van der Waals surface area contributed by atoms with Crippen molar-refractivity contribution in [2.75, 3.05) is 7.05 Å². The predicted molar refractivity (Wildman–Crippen MR) is 118 cm³/mol. The zero-order valence-corrected chi connectivity index (χ0v) is 17.5. The van der Waals surface area contributed by atoms with Crippen LogP contribution in [-0.4, -0.2) is 27.2 Å². The van der Waals surface area contributed by atoms with E-state index in [0.717, 1.165) is 22.5 Å². The maximum Gasteiger partial charge on any atom is 0.257 e. The summed E-state index contributed by atoms with van der Waals surface area (Å²) in [6.07, 6.45) is 3.92. The largest absolute Gasteiger partial charge is 0.486 e. The summed E-state index contributed by atoms with van der Waals surface area (Å²) < 4.78 is 8.00. The number of para-hydroxylation sites is 1. The van der Waals surface area contributed by atoms with Gasteiger partial charge in [0.25, 0.3) is 5.91 Å². The molecule has 0 aliphatic rings. The van der Waals surface area contributed by atoms with Crippen LogP contribution in [0.5, 0.6) is 5.75 Å². The van der Waals surface area contributed by atoms with Crippen molar-refractivity contribution in [3.05, 3.63) is 101 Å². The highest BCUT2D eigenvalue weighted by atomic mass is 16.5. The highest BCUT2D eigenvalue weighted by Crippen LogP contribution is 2.22. The fraction of sp³-hybridized carbons (Fsp3) is 0.200. The number of imidazole rings is 1. The van der Waals surface area contributed by atoms with Crippen molar-refractivity contribution < 1.29 is 9.53 Å². The molecule has 0 aliphatic heterocycles. The third-order valence-electron chi connectivity index (χ3n) is 5.24. The number of hydrogen-bond acceptors (Lipinski definition) is 3. The first-order chi connectivity index (χ1) is 14.5. The Morgan fingerprint density at radius 3 is 2.53 bits per heavy atom. The number of pyridine rings is 1. The van der Waals surface area contributed by atoms with E-state index in [4.69, 9.17) is 4.74 Å². The number of aryl methyl sites for hydroxylation is 2. The molecule has 0 fully saturated rings. The molecule has 2 heterocycles. The van der Waals surface area contributed by atoms with Crippen molar-refractivity contribution in [1.29, 1.82) is 0 Å². The standard InChI is InChI=1S/C25H25N3O2/c1-18-9-4-5-11-20(18)15-27(3)25(29)22-12-6-7-13-23(22)30-17-21-16-28-14-8-10-19(2)24(28)26-21/h4-14,16H,15,17H2,1-3H3. The molecule has 0 unspecified atom stereocenters. The van der Waals surface area contributed by atoms with Gasteiger partial charge in [-0.25, -0.2) is 4.98 Å². The van der Waals surface area contributed by atoms with E-state index in [-0.39, 0.29) is 5.91 Å². The van der Waals surface area contributed by atoms with E-state index in [1.165, 1.54) is 5.56 Å². The molecule has 5 nitrogen and oxygen atoms in total. The predicted octanol–water partition coefficient (Wildman–Crippen LogP) is 4.80. The fourth-order valence-corrected chi connectivity index (χ4v) is 3.52. The minimum Gasteiger partial charge on any atom is -0.486 e. The molecule has 0 radical (unpaired) electrons. The molecule has 0 saturated heterocycles. The number of amides is 1. The zero-order valence-electron chi connectivity index (χ0n) is 17.5. The first-order valence-corrected chi connectivity index (χ1v) is 9.98. The average molecular weight is 399 g/mol. The Morgan fingerprint density at radius 2 is 1.73 bits per heavy atom. The van der Waals surface area contributed by atoms with Gasteiger partial charge in [-0.05, 0) is 48.7 Å². The summed E-state index contributed by atoms with van der Waals surface area (Å²) in [4.78, 5) is 19.5. The summed E-state index contributed by atoms with van der Waals surface area (Å²) in [5.74, 6) is 0.493. The Labute approximate surface area is 176 Å². The Balaban J connectivity index is 1.50. The number of benzene rings is 2. The number of carbonyl (C=O) groups excluding carboxylic acids is 1. The second-order valence-electron chi connectivity index (χ2n) is 7.53. The summed E-state index contributed by atoms with van der Waals surface area (Å²) >= 11 is 0. The van der Waals surface area contributed by atoms with Crippen molar-refractivity contribution in [1.82, 2.24) is 14.3 Å². The highest BCUT2D eigenvalue weighted by Gasteiger charge is 2.18. The molecule has 0 aliphatic carbocycles. The maximum absolute atomic E-state index is 13.1. The van der Waals surface area contributed by atoms with Gasteiger partial charge in [0, 0.05) is 26.0 Å². The summed E-state index contributed by atoms with van der Waals surface area (Å²) in [6.45, 7) is 4.94. The van der Waals surface area contributed by atoms with Gasteiger partial charge < -0.3 is 14.0 Å². The van der Waals surface area contributed by atoms with E-state index in [2.05, 4.69) is 18.0 Å². The summed E-state index contributed by atoms with van der Waals surface area (Å²) in [7, 11) is 1.82. The number of carbonyl (C=O) groups is 1. The molecule has 0 bridgehead atoms. The lowest BCUT2D eigenvalue weighted by molar-refractivity contribution is 0.0780. The van der Waals surface area contributed by atoms with Crippen LogP contribution in [0.4, 0.5) is 0 Å². The van der Waals surface area contributed by atoms with Crippen LogP contribution < -0.4 is 4.74 Å². The van der Waals surface area contributed by atoms with Crippen LogP contribution in [0.3, 0.4) is 0 Å². The number of aromatic nitrogens is 2. The summed E-state index contributed by atoms with van der Waals surface area (Å²) in [6, 6.07) is 19.5. The number of hydrogen-bond donors (Lipinski definition) is 0. The lowest BCUT2D eigenvalue weighted by Crippen LogP contribution is -2.27. The van der Waals surface area contributed by atoms with Crippen LogP contribution in [0.1, 0.15) is 32.7 Å². The molecule has 0 atom stereocenters. The Kier molecular flexibility index (Phi) is 5.53. The van der Waals surface area contributed by atoms with Crippen LogP contribution in [0.15, 0.2) is 73.1 Å². The third kappa shape index (κ3) is 4.06. The molecule has 2 aromatic carbocycles. The van der Waals surface area contributed by atoms with E-state index < -0.39 is 0 Å². The molecule has 0 spiro atoms. The molecular weight excluding hydrogens is 374 g/mol. The Morgan fingerprint density at radius 1 is 1.00 bits per heavy atom. The van der Waals surface area contributed by atoms with Gasteiger partial charge >= 0.3 is 0 Å². The molecule has 30 heavy (non-hydrogen) atoms. The first-order valence-electron chi connectivity index (χ1n) is 9.98. The molecule has 0 saturated carbocycles. The van der Waals surface area contributed by atoms with Gasteiger partial charge in [0.1, 0.15) is 18.0 Å². The van der Waals surface area contributed by atoms with E-state index in [0.29, 0.717) is 24.5 Å². The van der Waals surface area contributed by atoms with Crippen molar-refractivity contribution in [3.63, 3.8) is 0 Å². The normalized spacial score (nSPS) is 10.9. The van der Waals surface area contributed by atoms with Crippen molar-refractivity contribution in [2.45, 2.75) is 27.0 Å². The van der Waals surface area contributed by atoms with E-state index >= 15 is 0 Å².